The maximum atomic E-state index is 11.7. The van der Waals surface area contributed by atoms with E-state index in [1.165, 1.54) is 0 Å². The average Bonchev–Trinajstić information content (AvgIpc) is 2.01. The second-order valence-corrected chi connectivity index (χ2v) is 4.92. The molecule has 14 heavy (non-hydrogen) atoms. The van der Waals surface area contributed by atoms with Gasteiger partial charge in [-0.25, -0.2) is 4.79 Å². The first kappa shape index (κ1) is 11.3. The third-order valence-electron chi connectivity index (χ3n) is 2.17. The number of aliphatic hydroxyl groups excluding tert-OH is 1. The van der Waals surface area contributed by atoms with Gasteiger partial charge < -0.3 is 15.3 Å². The number of hydrogen-bond acceptors (Lipinski definition) is 2. The minimum Gasteiger partial charge on any atom is -0.391 e. The molecule has 0 spiro atoms. The molecule has 0 saturated carbocycles. The van der Waals surface area contributed by atoms with Gasteiger partial charge in [0.05, 0.1) is 6.10 Å². The van der Waals surface area contributed by atoms with Crippen LogP contribution in [0, 0.1) is 0 Å². The number of carbonyl (C=O) groups is 1. The van der Waals surface area contributed by atoms with Crippen LogP contribution in [0.15, 0.2) is 0 Å². The Hall–Kier alpha value is -0.770. The van der Waals surface area contributed by atoms with Gasteiger partial charge in [-0.3, -0.25) is 0 Å². The van der Waals surface area contributed by atoms with Crippen molar-refractivity contribution < 1.29 is 9.90 Å². The van der Waals surface area contributed by atoms with Gasteiger partial charge in [0.1, 0.15) is 0 Å². The van der Waals surface area contributed by atoms with Crippen molar-refractivity contribution in [2.75, 3.05) is 13.1 Å². The fraction of sp³-hybridized carbons (Fsp3) is 0.900. The molecule has 0 unspecified atom stereocenters. The summed E-state index contributed by atoms with van der Waals surface area (Å²) in [5.74, 6) is 0. The molecule has 0 aromatic heterocycles. The van der Waals surface area contributed by atoms with Gasteiger partial charge in [-0.1, -0.05) is 0 Å². The predicted octanol–water partition coefficient (Wildman–Crippen LogP) is 0.951. The summed E-state index contributed by atoms with van der Waals surface area (Å²) in [6, 6.07) is -0.0729. The number of amides is 2. The maximum Gasteiger partial charge on any atom is 0.317 e. The molecular formula is C10H20N2O2. The van der Waals surface area contributed by atoms with Gasteiger partial charge in [-0.2, -0.15) is 0 Å². The summed E-state index contributed by atoms with van der Waals surface area (Å²) in [4.78, 5) is 13.3. The molecule has 0 aliphatic carbocycles. The number of carbonyl (C=O) groups excluding carboxylic acids is 1. The Morgan fingerprint density at radius 1 is 1.50 bits per heavy atom. The first-order valence-corrected chi connectivity index (χ1v) is 5.13. The van der Waals surface area contributed by atoms with E-state index in [1.807, 2.05) is 20.8 Å². The van der Waals surface area contributed by atoms with Crippen LogP contribution in [-0.4, -0.2) is 40.8 Å². The summed E-state index contributed by atoms with van der Waals surface area (Å²) in [5.41, 5.74) is -0.209. The van der Waals surface area contributed by atoms with E-state index in [1.54, 1.807) is 4.90 Å². The fourth-order valence-corrected chi connectivity index (χ4v) is 1.54. The number of aliphatic hydroxyl groups is 1. The first-order valence-electron chi connectivity index (χ1n) is 5.13. The SMILES string of the molecule is CC(C)(C)NC(=O)N1CCC[C@H](O)C1. The number of nitrogens with zero attached hydrogens (tertiary/aromatic N) is 1. The molecule has 1 rings (SSSR count). The van der Waals surface area contributed by atoms with Crippen molar-refractivity contribution in [3.05, 3.63) is 0 Å². The Bertz CT molecular complexity index is 211. The lowest BCUT2D eigenvalue weighted by atomic mass is 10.1. The number of β-amino-alcohol motifs (C(OH)–C–C–N with tert-alkyl or cyclic N) is 1. The Morgan fingerprint density at radius 2 is 2.14 bits per heavy atom. The molecule has 0 aromatic rings. The standard InChI is InChI=1S/C10H20N2O2/c1-10(2,3)11-9(14)12-6-4-5-8(13)7-12/h8,13H,4-7H2,1-3H3,(H,11,14)/t8-/m0/s1. The van der Waals surface area contributed by atoms with E-state index in [0.717, 1.165) is 19.4 Å². The zero-order valence-electron chi connectivity index (χ0n) is 9.21. The summed E-state index contributed by atoms with van der Waals surface area (Å²) in [5, 5.41) is 12.3. The molecule has 1 atom stereocenters. The predicted molar refractivity (Wildman–Crippen MR) is 55.1 cm³/mol. The lowest BCUT2D eigenvalue weighted by molar-refractivity contribution is 0.0822. The average molecular weight is 200 g/mol. The van der Waals surface area contributed by atoms with Crippen molar-refractivity contribution in [3.8, 4) is 0 Å². The van der Waals surface area contributed by atoms with Gasteiger partial charge in [-0.05, 0) is 33.6 Å². The maximum absolute atomic E-state index is 11.7. The highest BCUT2D eigenvalue weighted by molar-refractivity contribution is 5.75. The summed E-state index contributed by atoms with van der Waals surface area (Å²) in [6.45, 7) is 7.06. The molecule has 0 aromatic carbocycles. The minimum atomic E-state index is -0.352. The summed E-state index contributed by atoms with van der Waals surface area (Å²) in [7, 11) is 0. The van der Waals surface area contributed by atoms with E-state index >= 15 is 0 Å². The van der Waals surface area contributed by atoms with Crippen LogP contribution >= 0.6 is 0 Å². The molecule has 2 N–H and O–H groups in total. The van der Waals surface area contributed by atoms with E-state index in [9.17, 15) is 9.90 Å². The van der Waals surface area contributed by atoms with Crippen LogP contribution in [0.5, 0.6) is 0 Å². The zero-order valence-corrected chi connectivity index (χ0v) is 9.21. The lowest BCUT2D eigenvalue weighted by Gasteiger charge is -2.33. The van der Waals surface area contributed by atoms with Crippen LogP contribution in [-0.2, 0) is 0 Å². The Kier molecular flexibility index (Phi) is 3.37. The topological polar surface area (TPSA) is 52.6 Å². The summed E-state index contributed by atoms with van der Waals surface area (Å²) >= 11 is 0. The molecular weight excluding hydrogens is 180 g/mol. The van der Waals surface area contributed by atoms with Gasteiger partial charge in [-0.15, -0.1) is 0 Å². The van der Waals surface area contributed by atoms with E-state index in [-0.39, 0.29) is 17.7 Å². The van der Waals surface area contributed by atoms with Crippen LogP contribution in [0.3, 0.4) is 0 Å². The fourth-order valence-electron chi connectivity index (χ4n) is 1.54. The van der Waals surface area contributed by atoms with Crippen molar-refractivity contribution >= 4 is 6.03 Å². The number of likely N-dealkylation sites (tertiary alicyclic amines) is 1. The van der Waals surface area contributed by atoms with E-state index in [4.69, 9.17) is 0 Å². The highest BCUT2D eigenvalue weighted by Gasteiger charge is 2.24. The summed E-state index contributed by atoms with van der Waals surface area (Å²) < 4.78 is 0. The van der Waals surface area contributed by atoms with Crippen molar-refractivity contribution in [2.45, 2.75) is 45.3 Å². The molecule has 1 fully saturated rings. The number of rotatable bonds is 0. The van der Waals surface area contributed by atoms with Gasteiger partial charge in [0, 0.05) is 18.6 Å². The lowest BCUT2D eigenvalue weighted by Crippen LogP contribution is -2.52. The minimum absolute atomic E-state index is 0.0729. The van der Waals surface area contributed by atoms with Crippen LogP contribution in [0.1, 0.15) is 33.6 Å². The molecule has 1 heterocycles. The molecule has 4 nitrogen and oxygen atoms in total. The largest absolute Gasteiger partial charge is 0.391 e. The third-order valence-corrected chi connectivity index (χ3v) is 2.17. The number of urea groups is 1. The van der Waals surface area contributed by atoms with Crippen molar-refractivity contribution in [1.29, 1.82) is 0 Å². The normalized spacial score (nSPS) is 23.4. The third kappa shape index (κ3) is 3.54. The number of piperidine rings is 1. The highest BCUT2D eigenvalue weighted by Crippen LogP contribution is 2.10. The van der Waals surface area contributed by atoms with Gasteiger partial charge in [0.25, 0.3) is 0 Å². The smallest absolute Gasteiger partial charge is 0.317 e. The molecule has 1 saturated heterocycles. The van der Waals surface area contributed by atoms with Gasteiger partial charge in [0.2, 0.25) is 0 Å². The van der Waals surface area contributed by atoms with Crippen molar-refractivity contribution in [3.63, 3.8) is 0 Å². The summed E-state index contributed by atoms with van der Waals surface area (Å²) in [6.07, 6.45) is 1.34. The van der Waals surface area contributed by atoms with E-state index in [0.29, 0.717) is 6.54 Å². The Balaban J connectivity index is 2.44. The molecule has 82 valence electrons. The Morgan fingerprint density at radius 3 is 2.64 bits per heavy atom. The Labute approximate surface area is 85.3 Å². The zero-order chi connectivity index (χ0) is 10.8. The van der Waals surface area contributed by atoms with E-state index in [2.05, 4.69) is 5.32 Å². The molecule has 1 aliphatic rings. The number of nitrogens with one attached hydrogen (secondary N) is 1. The molecule has 0 radical (unpaired) electrons. The molecule has 0 bridgehead atoms. The molecule has 1 aliphatic heterocycles. The first-order chi connectivity index (χ1) is 6.38. The van der Waals surface area contributed by atoms with Crippen LogP contribution in [0.4, 0.5) is 4.79 Å². The van der Waals surface area contributed by atoms with E-state index < -0.39 is 0 Å². The highest BCUT2D eigenvalue weighted by atomic mass is 16.3. The second-order valence-electron chi connectivity index (χ2n) is 4.92. The molecule has 4 heteroatoms. The van der Waals surface area contributed by atoms with Crippen LogP contribution < -0.4 is 5.32 Å². The quantitative estimate of drug-likeness (QED) is 0.611. The van der Waals surface area contributed by atoms with Crippen molar-refractivity contribution in [1.82, 2.24) is 10.2 Å². The van der Waals surface area contributed by atoms with Gasteiger partial charge in [0.15, 0.2) is 0 Å². The van der Waals surface area contributed by atoms with Gasteiger partial charge >= 0.3 is 6.03 Å². The number of hydrogen-bond donors (Lipinski definition) is 2. The van der Waals surface area contributed by atoms with Crippen LogP contribution in [0.2, 0.25) is 0 Å². The van der Waals surface area contributed by atoms with Crippen LogP contribution in [0.25, 0.3) is 0 Å². The second kappa shape index (κ2) is 4.17. The molecule has 2 amide bonds. The monoisotopic (exact) mass is 200 g/mol. The van der Waals surface area contributed by atoms with Crippen molar-refractivity contribution in [2.24, 2.45) is 0 Å².